The zero-order valence-electron chi connectivity index (χ0n) is 14.5. The minimum absolute atomic E-state index is 0.158. The van der Waals surface area contributed by atoms with E-state index < -0.39 is 0 Å². The minimum Gasteiger partial charge on any atom is -0.495 e. The molecule has 0 bridgehead atoms. The third-order valence-corrected chi connectivity index (χ3v) is 4.75. The number of nitrogen functional groups attached to an aromatic ring is 1. The zero-order valence-corrected chi connectivity index (χ0v) is 15.3. The van der Waals surface area contributed by atoms with Crippen LogP contribution in [-0.2, 0) is 5.75 Å². The molecule has 4 aromatic rings. The predicted octanol–water partition coefficient (Wildman–Crippen LogP) is 3.15. The van der Waals surface area contributed by atoms with Gasteiger partial charge in [-0.1, -0.05) is 30.0 Å². The minimum atomic E-state index is 0.158. The molecule has 0 spiro atoms. The fraction of sp³-hybridized carbons (Fsp3) is 0.111. The van der Waals surface area contributed by atoms with Gasteiger partial charge in [0.05, 0.1) is 30.3 Å². The molecule has 3 heterocycles. The molecule has 0 atom stereocenters. The van der Waals surface area contributed by atoms with E-state index in [1.807, 2.05) is 59.3 Å². The second kappa shape index (κ2) is 7.50. The van der Waals surface area contributed by atoms with Crippen LogP contribution in [0.1, 0.15) is 5.82 Å². The maximum Gasteiger partial charge on any atom is 0.232 e. The normalized spacial score (nSPS) is 10.9. The van der Waals surface area contributed by atoms with E-state index in [9.17, 15) is 0 Å². The Morgan fingerprint density at radius 2 is 1.96 bits per heavy atom. The van der Waals surface area contributed by atoms with Crippen molar-refractivity contribution in [1.29, 1.82) is 0 Å². The second-order valence-electron chi connectivity index (χ2n) is 5.58. The Balaban J connectivity index is 1.54. The summed E-state index contributed by atoms with van der Waals surface area (Å²) in [6.45, 7) is 0. The summed E-state index contributed by atoms with van der Waals surface area (Å²) in [5, 5.41) is 3.99. The number of nitrogens with one attached hydrogen (secondary N) is 1. The molecule has 4 rings (SSSR count). The summed E-state index contributed by atoms with van der Waals surface area (Å²) in [7, 11) is 1.61. The third kappa shape index (κ3) is 3.77. The molecule has 0 amide bonds. The SMILES string of the molecule is COc1ccccc1Nc1nc(N)nc(CSc2ncc3ccccn23)n1. The van der Waals surface area contributed by atoms with Gasteiger partial charge in [-0.05, 0) is 24.3 Å². The van der Waals surface area contributed by atoms with Gasteiger partial charge in [-0.3, -0.25) is 4.40 Å². The van der Waals surface area contributed by atoms with Crippen molar-refractivity contribution in [3.05, 3.63) is 60.7 Å². The Bertz CT molecular complexity index is 1080. The number of methoxy groups -OCH3 is 1. The van der Waals surface area contributed by atoms with Gasteiger partial charge >= 0.3 is 0 Å². The van der Waals surface area contributed by atoms with Crippen LogP contribution in [0.3, 0.4) is 0 Å². The molecule has 0 aliphatic heterocycles. The standard InChI is InChI=1S/C18H17N7OS/c1-26-14-8-3-2-7-13(14)21-17-23-15(22-16(19)24-17)11-27-18-20-10-12-6-4-5-9-25(12)18/h2-10H,11H2,1H3,(H3,19,21,22,23,24). The molecule has 0 unspecified atom stereocenters. The summed E-state index contributed by atoms with van der Waals surface area (Å²) in [5.74, 6) is 2.30. The van der Waals surface area contributed by atoms with Crippen molar-refractivity contribution in [3.8, 4) is 5.75 Å². The number of para-hydroxylation sites is 2. The molecule has 8 nitrogen and oxygen atoms in total. The van der Waals surface area contributed by atoms with E-state index in [-0.39, 0.29) is 5.95 Å². The van der Waals surface area contributed by atoms with Crippen LogP contribution in [0.25, 0.3) is 5.52 Å². The van der Waals surface area contributed by atoms with Crippen LogP contribution in [0.2, 0.25) is 0 Å². The van der Waals surface area contributed by atoms with Crippen molar-refractivity contribution in [2.24, 2.45) is 0 Å². The number of rotatable bonds is 6. The summed E-state index contributed by atoms with van der Waals surface area (Å²) < 4.78 is 7.35. The summed E-state index contributed by atoms with van der Waals surface area (Å²) in [4.78, 5) is 17.3. The average Bonchev–Trinajstić information content (AvgIpc) is 3.10. The fourth-order valence-corrected chi connectivity index (χ4v) is 3.40. The highest BCUT2D eigenvalue weighted by Crippen LogP contribution is 2.26. The van der Waals surface area contributed by atoms with Crippen molar-refractivity contribution in [1.82, 2.24) is 24.3 Å². The van der Waals surface area contributed by atoms with E-state index in [1.54, 1.807) is 7.11 Å². The molecule has 3 N–H and O–H groups in total. The van der Waals surface area contributed by atoms with Crippen molar-refractivity contribution in [2.75, 3.05) is 18.2 Å². The van der Waals surface area contributed by atoms with Gasteiger partial charge in [0.25, 0.3) is 0 Å². The number of anilines is 3. The largest absolute Gasteiger partial charge is 0.495 e. The van der Waals surface area contributed by atoms with Gasteiger partial charge in [-0.15, -0.1) is 0 Å². The number of hydrogen-bond acceptors (Lipinski definition) is 8. The van der Waals surface area contributed by atoms with Crippen LogP contribution in [0.5, 0.6) is 5.75 Å². The fourth-order valence-electron chi connectivity index (χ4n) is 2.58. The smallest absolute Gasteiger partial charge is 0.232 e. The highest BCUT2D eigenvalue weighted by Gasteiger charge is 2.10. The average molecular weight is 379 g/mol. The Morgan fingerprint density at radius 1 is 1.11 bits per heavy atom. The molecule has 136 valence electrons. The predicted molar refractivity (Wildman–Crippen MR) is 105 cm³/mol. The molecular weight excluding hydrogens is 362 g/mol. The maximum atomic E-state index is 5.86. The summed E-state index contributed by atoms with van der Waals surface area (Å²) in [6, 6.07) is 13.5. The lowest BCUT2D eigenvalue weighted by Gasteiger charge is -2.10. The van der Waals surface area contributed by atoms with Gasteiger partial charge in [-0.2, -0.15) is 15.0 Å². The highest BCUT2D eigenvalue weighted by molar-refractivity contribution is 7.98. The number of ether oxygens (including phenoxy) is 1. The number of hydrogen-bond donors (Lipinski definition) is 2. The highest BCUT2D eigenvalue weighted by atomic mass is 32.2. The van der Waals surface area contributed by atoms with Crippen molar-refractivity contribution in [2.45, 2.75) is 10.9 Å². The number of nitrogens with two attached hydrogens (primary N) is 1. The van der Waals surface area contributed by atoms with Gasteiger partial charge in [0, 0.05) is 6.20 Å². The number of fused-ring (bicyclic) bond motifs is 1. The van der Waals surface area contributed by atoms with Crippen molar-refractivity contribution >= 4 is 34.9 Å². The monoisotopic (exact) mass is 379 g/mol. The molecule has 0 aliphatic rings. The maximum absolute atomic E-state index is 5.86. The lowest BCUT2D eigenvalue weighted by atomic mass is 10.3. The Morgan fingerprint density at radius 3 is 2.85 bits per heavy atom. The molecule has 0 fully saturated rings. The van der Waals surface area contributed by atoms with Gasteiger partial charge in [0.15, 0.2) is 5.16 Å². The number of nitrogens with zero attached hydrogens (tertiary/aromatic N) is 5. The van der Waals surface area contributed by atoms with Crippen LogP contribution in [-0.4, -0.2) is 31.4 Å². The first-order chi connectivity index (χ1) is 13.2. The molecule has 0 saturated heterocycles. The molecule has 3 aromatic heterocycles. The van der Waals surface area contributed by atoms with Gasteiger partial charge in [0.1, 0.15) is 11.6 Å². The van der Waals surface area contributed by atoms with Crippen LogP contribution < -0.4 is 15.8 Å². The quantitative estimate of drug-likeness (QED) is 0.493. The van der Waals surface area contributed by atoms with Crippen molar-refractivity contribution < 1.29 is 4.74 Å². The molecule has 9 heteroatoms. The molecule has 27 heavy (non-hydrogen) atoms. The van der Waals surface area contributed by atoms with Crippen LogP contribution in [0.4, 0.5) is 17.6 Å². The van der Waals surface area contributed by atoms with Crippen LogP contribution in [0.15, 0.2) is 60.0 Å². The molecule has 1 aromatic carbocycles. The van der Waals surface area contributed by atoms with E-state index in [1.165, 1.54) is 11.8 Å². The van der Waals surface area contributed by atoms with Gasteiger partial charge < -0.3 is 15.8 Å². The first-order valence-electron chi connectivity index (χ1n) is 8.18. The summed E-state index contributed by atoms with van der Waals surface area (Å²) in [5.41, 5.74) is 7.65. The van der Waals surface area contributed by atoms with Gasteiger partial charge in [-0.25, -0.2) is 4.98 Å². The van der Waals surface area contributed by atoms with E-state index in [4.69, 9.17) is 10.5 Å². The third-order valence-electron chi connectivity index (χ3n) is 3.79. The second-order valence-corrected chi connectivity index (χ2v) is 6.53. The molecule has 0 saturated carbocycles. The number of pyridine rings is 1. The Labute approximate surface area is 159 Å². The first-order valence-corrected chi connectivity index (χ1v) is 9.17. The first kappa shape index (κ1) is 17.1. The lowest BCUT2D eigenvalue weighted by molar-refractivity contribution is 0.417. The van der Waals surface area contributed by atoms with Crippen LogP contribution in [0, 0.1) is 0 Å². The van der Waals surface area contributed by atoms with E-state index in [0.29, 0.717) is 23.3 Å². The van der Waals surface area contributed by atoms with E-state index in [2.05, 4.69) is 25.3 Å². The Kier molecular flexibility index (Phi) is 4.75. The lowest BCUT2D eigenvalue weighted by Crippen LogP contribution is -2.07. The summed E-state index contributed by atoms with van der Waals surface area (Å²) >= 11 is 1.53. The van der Waals surface area contributed by atoms with Crippen LogP contribution >= 0.6 is 11.8 Å². The van der Waals surface area contributed by atoms with E-state index in [0.717, 1.165) is 16.4 Å². The number of aromatic nitrogens is 5. The van der Waals surface area contributed by atoms with E-state index >= 15 is 0 Å². The van der Waals surface area contributed by atoms with Gasteiger partial charge in [0.2, 0.25) is 11.9 Å². The number of benzene rings is 1. The topological polar surface area (TPSA) is 103 Å². The molecule has 0 aliphatic carbocycles. The molecular formula is C18H17N7OS. The number of thioether (sulfide) groups is 1. The van der Waals surface area contributed by atoms with Crippen molar-refractivity contribution in [3.63, 3.8) is 0 Å². The Hall–Kier alpha value is -3.33. The molecule has 0 radical (unpaired) electrons. The zero-order chi connectivity index (χ0) is 18.6. The number of imidazole rings is 1. The summed E-state index contributed by atoms with van der Waals surface area (Å²) in [6.07, 6.45) is 3.81.